The molecule has 0 aliphatic carbocycles. The van der Waals surface area contributed by atoms with Gasteiger partial charge in [-0.25, -0.2) is 8.42 Å². The maximum atomic E-state index is 11.8. The SMILES string of the molecule is COc1cc(N2C(=S)N[C@H](c3ccccn3)[C@H]2c2cccn2-c2cccc([N+](=O)[O-])c2)ccc1NS(C)(=O)=O. The van der Waals surface area contributed by atoms with E-state index < -0.39 is 21.0 Å². The number of rotatable bonds is 8. The van der Waals surface area contributed by atoms with Crippen LogP contribution in [-0.4, -0.2) is 41.4 Å². The highest BCUT2D eigenvalue weighted by Gasteiger charge is 2.42. The van der Waals surface area contributed by atoms with E-state index in [4.69, 9.17) is 17.0 Å². The summed E-state index contributed by atoms with van der Waals surface area (Å²) in [6, 6.07) is 20.1. The topological polar surface area (TPSA) is 132 Å². The Morgan fingerprint density at radius 3 is 2.59 bits per heavy atom. The highest BCUT2D eigenvalue weighted by atomic mass is 32.2. The summed E-state index contributed by atoms with van der Waals surface area (Å²) in [5, 5.41) is 15.3. The highest BCUT2D eigenvalue weighted by Crippen LogP contribution is 2.44. The number of nitro benzene ring substituents is 1. The molecule has 1 aliphatic rings. The van der Waals surface area contributed by atoms with Crippen LogP contribution in [0.1, 0.15) is 23.5 Å². The fraction of sp³-hybridized carbons (Fsp3) is 0.154. The predicted molar refractivity (Wildman–Crippen MR) is 152 cm³/mol. The molecule has 2 aromatic heterocycles. The molecule has 11 nitrogen and oxygen atoms in total. The summed E-state index contributed by atoms with van der Waals surface area (Å²) in [6.45, 7) is 0. The van der Waals surface area contributed by atoms with Crippen LogP contribution in [0, 0.1) is 10.1 Å². The second-order valence-electron chi connectivity index (χ2n) is 8.84. The van der Waals surface area contributed by atoms with E-state index in [2.05, 4.69) is 15.0 Å². The Morgan fingerprint density at radius 1 is 1.08 bits per heavy atom. The van der Waals surface area contributed by atoms with Crippen LogP contribution in [0.4, 0.5) is 17.1 Å². The molecule has 0 spiro atoms. The summed E-state index contributed by atoms with van der Waals surface area (Å²) < 4.78 is 33.5. The number of ether oxygens (including phenoxy) is 1. The Labute approximate surface area is 230 Å². The lowest BCUT2D eigenvalue weighted by Gasteiger charge is -2.29. The molecule has 200 valence electrons. The number of thiocarbonyl (C=S) groups is 1. The zero-order valence-corrected chi connectivity index (χ0v) is 22.5. The van der Waals surface area contributed by atoms with Crippen molar-refractivity contribution in [2.75, 3.05) is 23.0 Å². The molecule has 0 unspecified atom stereocenters. The molecule has 5 rings (SSSR count). The first kappa shape index (κ1) is 26.1. The normalized spacial score (nSPS) is 17.1. The largest absolute Gasteiger partial charge is 0.494 e. The summed E-state index contributed by atoms with van der Waals surface area (Å²) in [7, 11) is -2.08. The number of nitrogens with zero attached hydrogens (tertiary/aromatic N) is 4. The molecule has 0 saturated carbocycles. The van der Waals surface area contributed by atoms with Gasteiger partial charge in [-0.3, -0.25) is 19.8 Å². The van der Waals surface area contributed by atoms with E-state index in [0.29, 0.717) is 27.9 Å². The zero-order chi connectivity index (χ0) is 27.7. The summed E-state index contributed by atoms with van der Waals surface area (Å²) in [5.74, 6) is 0.315. The molecule has 13 heteroatoms. The monoisotopic (exact) mass is 564 g/mol. The van der Waals surface area contributed by atoms with E-state index in [1.165, 1.54) is 19.2 Å². The molecule has 2 atom stereocenters. The smallest absolute Gasteiger partial charge is 0.271 e. The van der Waals surface area contributed by atoms with Crippen molar-refractivity contribution in [3.05, 3.63) is 107 Å². The standard InChI is InChI=1S/C26H24N6O5S2/c1-37-23-16-18(11-12-20(23)29-39(2,35)36)31-25(24(28-26(31)38)21-9-3-4-13-27-21)22-10-6-14-30(22)17-7-5-8-19(15-17)32(33)34/h3-16,24-25,29H,1-2H3,(H,28,38)/t24-,25-/m1/s1. The van der Waals surface area contributed by atoms with Gasteiger partial charge >= 0.3 is 0 Å². The van der Waals surface area contributed by atoms with Crippen molar-refractivity contribution in [3.63, 3.8) is 0 Å². The van der Waals surface area contributed by atoms with Gasteiger partial charge < -0.3 is 19.5 Å². The van der Waals surface area contributed by atoms with Gasteiger partial charge in [-0.1, -0.05) is 12.1 Å². The molecule has 39 heavy (non-hydrogen) atoms. The number of nitrogens with one attached hydrogen (secondary N) is 2. The number of pyridine rings is 1. The first-order valence-electron chi connectivity index (χ1n) is 11.7. The summed E-state index contributed by atoms with van der Waals surface area (Å²) >= 11 is 5.80. The lowest BCUT2D eigenvalue weighted by Crippen LogP contribution is -2.30. The van der Waals surface area contributed by atoms with Gasteiger partial charge in [-0.2, -0.15) is 0 Å². The van der Waals surface area contributed by atoms with Crippen LogP contribution in [0.15, 0.2) is 85.2 Å². The zero-order valence-electron chi connectivity index (χ0n) is 20.9. The maximum absolute atomic E-state index is 11.8. The molecule has 1 aliphatic heterocycles. The third-order valence-electron chi connectivity index (χ3n) is 6.26. The summed E-state index contributed by atoms with van der Waals surface area (Å²) in [6.07, 6.45) is 4.60. The number of methoxy groups -OCH3 is 1. The molecule has 1 fully saturated rings. The second kappa shape index (κ2) is 10.3. The molecule has 0 amide bonds. The highest BCUT2D eigenvalue weighted by molar-refractivity contribution is 7.92. The van der Waals surface area contributed by atoms with Crippen molar-refractivity contribution < 1.29 is 18.1 Å². The van der Waals surface area contributed by atoms with Crippen LogP contribution in [0.3, 0.4) is 0 Å². The Hall–Kier alpha value is -4.49. The minimum absolute atomic E-state index is 0.0240. The van der Waals surface area contributed by atoms with Crippen molar-refractivity contribution in [2.45, 2.75) is 12.1 Å². The van der Waals surface area contributed by atoms with Crippen LogP contribution in [0.25, 0.3) is 5.69 Å². The van der Waals surface area contributed by atoms with E-state index >= 15 is 0 Å². The lowest BCUT2D eigenvalue weighted by molar-refractivity contribution is -0.384. The van der Waals surface area contributed by atoms with Crippen LogP contribution >= 0.6 is 12.2 Å². The number of hydrogen-bond acceptors (Lipinski definition) is 7. The van der Waals surface area contributed by atoms with E-state index in [0.717, 1.165) is 17.6 Å². The van der Waals surface area contributed by atoms with Gasteiger partial charge in [0, 0.05) is 42.0 Å². The van der Waals surface area contributed by atoms with Crippen LogP contribution in [0.5, 0.6) is 5.75 Å². The number of anilines is 2. The van der Waals surface area contributed by atoms with Crippen molar-refractivity contribution >= 4 is 44.4 Å². The minimum atomic E-state index is -3.53. The fourth-order valence-corrected chi connectivity index (χ4v) is 5.59. The number of nitro groups is 1. The third kappa shape index (κ3) is 5.26. The molecular weight excluding hydrogens is 540 g/mol. The fourth-order valence-electron chi connectivity index (χ4n) is 4.67. The molecular formula is C26H24N6O5S2. The average molecular weight is 565 g/mol. The Bertz CT molecular complexity index is 1660. The quantitative estimate of drug-likeness (QED) is 0.182. The number of hydrogen-bond donors (Lipinski definition) is 2. The van der Waals surface area contributed by atoms with Gasteiger partial charge in [-0.15, -0.1) is 0 Å². The van der Waals surface area contributed by atoms with Gasteiger partial charge in [0.2, 0.25) is 10.0 Å². The van der Waals surface area contributed by atoms with E-state index in [1.54, 1.807) is 36.5 Å². The lowest BCUT2D eigenvalue weighted by atomic mass is 10.0. The van der Waals surface area contributed by atoms with Crippen LogP contribution in [-0.2, 0) is 10.0 Å². The first-order valence-corrected chi connectivity index (χ1v) is 14.0. The van der Waals surface area contributed by atoms with Crippen molar-refractivity contribution in [1.82, 2.24) is 14.9 Å². The molecule has 0 radical (unpaired) electrons. The number of aromatic nitrogens is 2. The van der Waals surface area contributed by atoms with Crippen molar-refractivity contribution in [2.24, 2.45) is 0 Å². The Morgan fingerprint density at radius 2 is 1.90 bits per heavy atom. The summed E-state index contributed by atoms with van der Waals surface area (Å²) in [5.41, 5.74) is 3.09. The van der Waals surface area contributed by atoms with Crippen molar-refractivity contribution in [1.29, 1.82) is 0 Å². The second-order valence-corrected chi connectivity index (χ2v) is 11.0. The predicted octanol–water partition coefficient (Wildman–Crippen LogP) is 4.34. The average Bonchev–Trinajstić information content (AvgIpc) is 3.53. The van der Waals surface area contributed by atoms with E-state index in [1.807, 2.05) is 46.0 Å². The van der Waals surface area contributed by atoms with Gasteiger partial charge in [-0.05, 0) is 54.7 Å². The Kier molecular flexibility index (Phi) is 6.93. The molecule has 3 heterocycles. The maximum Gasteiger partial charge on any atom is 0.271 e. The van der Waals surface area contributed by atoms with Gasteiger partial charge in [0.1, 0.15) is 11.8 Å². The molecule has 4 aromatic rings. The minimum Gasteiger partial charge on any atom is -0.494 e. The van der Waals surface area contributed by atoms with Crippen LogP contribution in [0.2, 0.25) is 0 Å². The molecule has 1 saturated heterocycles. The number of sulfonamides is 1. The van der Waals surface area contributed by atoms with Gasteiger partial charge in [0.25, 0.3) is 5.69 Å². The number of non-ortho nitro benzene ring substituents is 1. The molecule has 2 N–H and O–H groups in total. The Balaban J connectivity index is 1.65. The van der Waals surface area contributed by atoms with E-state index in [-0.39, 0.29) is 11.7 Å². The first-order chi connectivity index (χ1) is 18.7. The van der Waals surface area contributed by atoms with Crippen molar-refractivity contribution in [3.8, 4) is 11.4 Å². The molecule has 2 aromatic carbocycles. The summed E-state index contributed by atoms with van der Waals surface area (Å²) in [4.78, 5) is 17.5. The van der Waals surface area contributed by atoms with Crippen LogP contribution < -0.4 is 19.7 Å². The van der Waals surface area contributed by atoms with E-state index in [9.17, 15) is 18.5 Å². The van der Waals surface area contributed by atoms with Gasteiger partial charge in [0.15, 0.2) is 5.11 Å². The third-order valence-corrected chi connectivity index (χ3v) is 7.16. The number of benzene rings is 2. The molecule has 0 bridgehead atoms. The van der Waals surface area contributed by atoms with Gasteiger partial charge in [0.05, 0.1) is 41.4 Å².